The first kappa shape index (κ1) is 21.3. The smallest absolute Gasteiger partial charge is 0.259 e. The summed E-state index contributed by atoms with van der Waals surface area (Å²) >= 11 is 1.48. The van der Waals surface area contributed by atoms with Crippen LogP contribution in [0.15, 0.2) is 70.1 Å². The summed E-state index contributed by atoms with van der Waals surface area (Å²) < 4.78 is 25.0. The van der Waals surface area contributed by atoms with Crippen molar-refractivity contribution in [3.63, 3.8) is 0 Å². The van der Waals surface area contributed by atoms with Gasteiger partial charge in [-0.05, 0) is 49.4 Å². The molecule has 4 rings (SSSR count). The molecule has 162 valence electrons. The van der Waals surface area contributed by atoms with Crippen molar-refractivity contribution in [3.05, 3.63) is 94.1 Å². The third kappa shape index (κ3) is 5.01. The van der Waals surface area contributed by atoms with Crippen molar-refractivity contribution in [2.45, 2.75) is 13.5 Å². The van der Waals surface area contributed by atoms with E-state index < -0.39 is 17.6 Å². The van der Waals surface area contributed by atoms with Crippen LogP contribution < -0.4 is 15.4 Å². The normalized spacial score (nSPS) is 10.6. The Labute approximate surface area is 186 Å². The van der Waals surface area contributed by atoms with Gasteiger partial charge in [0.15, 0.2) is 0 Å². The van der Waals surface area contributed by atoms with Crippen LogP contribution >= 0.6 is 11.3 Å². The van der Waals surface area contributed by atoms with Gasteiger partial charge in [-0.3, -0.25) is 9.59 Å². The number of carbonyl (C=O) groups is 2. The van der Waals surface area contributed by atoms with E-state index >= 15 is 0 Å². The summed E-state index contributed by atoms with van der Waals surface area (Å²) in [7, 11) is 0. The molecule has 9 heteroatoms. The van der Waals surface area contributed by atoms with Gasteiger partial charge in [-0.1, -0.05) is 6.07 Å². The first-order valence-electron chi connectivity index (χ1n) is 9.56. The van der Waals surface area contributed by atoms with Crippen molar-refractivity contribution in [1.82, 2.24) is 4.98 Å². The van der Waals surface area contributed by atoms with E-state index in [0.29, 0.717) is 34.9 Å². The average molecular weight is 451 g/mol. The molecule has 0 radical (unpaired) electrons. The minimum atomic E-state index is -0.630. The van der Waals surface area contributed by atoms with E-state index in [4.69, 9.17) is 9.15 Å². The maximum absolute atomic E-state index is 14.2. The molecule has 2 amide bonds. The van der Waals surface area contributed by atoms with Gasteiger partial charge in [0, 0.05) is 16.6 Å². The fourth-order valence-corrected chi connectivity index (χ4v) is 3.45. The number of anilines is 2. The van der Waals surface area contributed by atoms with E-state index in [-0.39, 0.29) is 5.69 Å². The highest BCUT2D eigenvalue weighted by Crippen LogP contribution is 2.23. The number of rotatable bonds is 7. The molecule has 0 aliphatic heterocycles. The van der Waals surface area contributed by atoms with E-state index in [0.717, 1.165) is 5.69 Å². The molecule has 0 saturated carbocycles. The second kappa shape index (κ2) is 9.44. The zero-order chi connectivity index (χ0) is 22.5. The lowest BCUT2D eigenvalue weighted by Crippen LogP contribution is -2.15. The predicted molar refractivity (Wildman–Crippen MR) is 119 cm³/mol. The molecule has 0 saturated heterocycles. The molecule has 0 fully saturated rings. The number of aryl methyl sites for hydroxylation is 1. The van der Waals surface area contributed by atoms with Gasteiger partial charge in [0.1, 0.15) is 23.9 Å². The fraction of sp³-hybridized carbons (Fsp3) is 0.0870. The molecule has 4 aromatic rings. The van der Waals surface area contributed by atoms with Gasteiger partial charge in [-0.2, -0.15) is 0 Å². The minimum absolute atomic E-state index is 0.0613. The molecule has 0 aliphatic rings. The molecular formula is C23H18FN3O4S. The van der Waals surface area contributed by atoms with Crippen LogP contribution in [0.1, 0.15) is 32.2 Å². The summed E-state index contributed by atoms with van der Waals surface area (Å²) in [5.41, 5.74) is 3.45. The Bertz CT molecular complexity index is 1250. The zero-order valence-corrected chi connectivity index (χ0v) is 17.7. The molecule has 2 heterocycles. The molecule has 2 aromatic heterocycles. The molecule has 2 aromatic carbocycles. The van der Waals surface area contributed by atoms with Crippen molar-refractivity contribution in [2.24, 2.45) is 0 Å². The number of ether oxygens (including phenoxy) is 1. The summed E-state index contributed by atoms with van der Waals surface area (Å²) in [6, 6.07) is 12.1. The predicted octanol–water partition coefficient (Wildman–Crippen LogP) is 5.27. The van der Waals surface area contributed by atoms with Crippen molar-refractivity contribution < 1.29 is 23.1 Å². The molecular weight excluding hydrogens is 433 g/mol. The molecule has 0 atom stereocenters. The fourth-order valence-electron chi connectivity index (χ4n) is 2.91. The molecule has 0 aliphatic carbocycles. The number of nitrogens with zero attached hydrogens (tertiary/aromatic N) is 1. The monoisotopic (exact) mass is 451 g/mol. The lowest BCUT2D eigenvalue weighted by molar-refractivity contribution is 0.101. The van der Waals surface area contributed by atoms with Crippen molar-refractivity contribution >= 4 is 34.5 Å². The Hall–Kier alpha value is -3.98. The Balaban J connectivity index is 1.44. The third-order valence-electron chi connectivity index (χ3n) is 4.54. The summed E-state index contributed by atoms with van der Waals surface area (Å²) in [6.07, 6.45) is 1.38. The van der Waals surface area contributed by atoms with Crippen LogP contribution in [-0.4, -0.2) is 16.8 Å². The number of nitrogens with one attached hydrogen (secondary N) is 2. The molecule has 2 N–H and O–H groups in total. The highest BCUT2D eigenvalue weighted by molar-refractivity contribution is 7.07. The van der Waals surface area contributed by atoms with E-state index in [1.54, 1.807) is 36.7 Å². The van der Waals surface area contributed by atoms with Crippen molar-refractivity contribution in [1.29, 1.82) is 0 Å². The summed E-state index contributed by atoms with van der Waals surface area (Å²) in [4.78, 5) is 29.2. The summed E-state index contributed by atoms with van der Waals surface area (Å²) in [5.74, 6) is -0.602. The molecule has 0 bridgehead atoms. The van der Waals surface area contributed by atoms with Crippen LogP contribution in [0.3, 0.4) is 0 Å². The second-order valence-electron chi connectivity index (χ2n) is 6.79. The summed E-state index contributed by atoms with van der Waals surface area (Å²) in [5, 5.41) is 7.08. The van der Waals surface area contributed by atoms with Crippen LogP contribution in [0.25, 0.3) is 0 Å². The van der Waals surface area contributed by atoms with Crippen LogP contribution in [0.5, 0.6) is 5.75 Å². The average Bonchev–Trinajstić information content (AvgIpc) is 3.46. The van der Waals surface area contributed by atoms with Gasteiger partial charge in [0.05, 0.1) is 28.7 Å². The lowest BCUT2D eigenvalue weighted by Gasteiger charge is -2.11. The molecule has 7 nitrogen and oxygen atoms in total. The number of furan rings is 1. The van der Waals surface area contributed by atoms with Crippen LogP contribution in [0, 0.1) is 12.7 Å². The zero-order valence-electron chi connectivity index (χ0n) is 16.9. The third-order valence-corrected chi connectivity index (χ3v) is 5.18. The van der Waals surface area contributed by atoms with Gasteiger partial charge in [-0.25, -0.2) is 9.37 Å². The number of benzene rings is 2. The molecule has 0 spiro atoms. The van der Waals surface area contributed by atoms with Crippen LogP contribution in [0.4, 0.5) is 15.8 Å². The Morgan fingerprint density at radius 1 is 1.12 bits per heavy atom. The van der Waals surface area contributed by atoms with E-state index in [1.165, 1.54) is 41.9 Å². The van der Waals surface area contributed by atoms with Gasteiger partial charge in [-0.15, -0.1) is 11.3 Å². The highest BCUT2D eigenvalue weighted by Gasteiger charge is 2.15. The Kier molecular flexibility index (Phi) is 6.27. The standard InChI is InChI=1S/C23H18FN3O4S/c1-14-19(7-8-30-14)23(29)27-21-10-16(5-6-20(21)24)26-22(28)15-3-2-4-18(9-15)31-11-17-12-32-13-25-17/h2-10,12-13H,11H2,1H3,(H,26,28)(H,27,29). The van der Waals surface area contributed by atoms with E-state index in [2.05, 4.69) is 15.6 Å². The number of thiazole rings is 1. The molecule has 0 unspecified atom stereocenters. The van der Waals surface area contributed by atoms with Crippen molar-refractivity contribution in [2.75, 3.05) is 10.6 Å². The van der Waals surface area contributed by atoms with E-state index in [9.17, 15) is 14.0 Å². The van der Waals surface area contributed by atoms with Gasteiger partial charge in [0.2, 0.25) is 0 Å². The van der Waals surface area contributed by atoms with Crippen LogP contribution in [-0.2, 0) is 6.61 Å². The summed E-state index contributed by atoms with van der Waals surface area (Å²) in [6.45, 7) is 1.93. The minimum Gasteiger partial charge on any atom is -0.487 e. The van der Waals surface area contributed by atoms with Crippen molar-refractivity contribution in [3.8, 4) is 5.75 Å². The maximum Gasteiger partial charge on any atom is 0.259 e. The highest BCUT2D eigenvalue weighted by atomic mass is 32.1. The Morgan fingerprint density at radius 2 is 2.00 bits per heavy atom. The second-order valence-corrected chi connectivity index (χ2v) is 7.51. The largest absolute Gasteiger partial charge is 0.487 e. The first-order valence-corrected chi connectivity index (χ1v) is 10.5. The van der Waals surface area contributed by atoms with Gasteiger partial charge in [0.25, 0.3) is 11.8 Å². The number of carbonyl (C=O) groups excluding carboxylic acids is 2. The number of aromatic nitrogens is 1. The quantitative estimate of drug-likeness (QED) is 0.399. The SMILES string of the molecule is Cc1occc1C(=O)Nc1cc(NC(=O)c2cccc(OCc3cscn3)c2)ccc1F. The van der Waals surface area contributed by atoms with Gasteiger partial charge < -0.3 is 19.8 Å². The first-order chi connectivity index (χ1) is 15.5. The Morgan fingerprint density at radius 3 is 2.75 bits per heavy atom. The number of hydrogen-bond donors (Lipinski definition) is 2. The lowest BCUT2D eigenvalue weighted by atomic mass is 10.2. The number of halogens is 1. The van der Waals surface area contributed by atoms with Crippen LogP contribution in [0.2, 0.25) is 0 Å². The van der Waals surface area contributed by atoms with E-state index in [1.807, 2.05) is 5.38 Å². The van der Waals surface area contributed by atoms with Gasteiger partial charge >= 0.3 is 0 Å². The number of amides is 2. The maximum atomic E-state index is 14.2. The topological polar surface area (TPSA) is 93.5 Å². The number of hydrogen-bond acceptors (Lipinski definition) is 6. The molecule has 32 heavy (non-hydrogen) atoms.